The SMILES string of the molecule is N[C@@H]1CCC[C@H]1CC(=O)NCC1CCN(c2ccc(Br)cc2)C1. The van der Waals surface area contributed by atoms with E-state index in [1.807, 2.05) is 0 Å². The first-order valence-corrected chi connectivity index (χ1v) is 9.44. The van der Waals surface area contributed by atoms with Gasteiger partial charge >= 0.3 is 0 Å². The van der Waals surface area contributed by atoms with E-state index in [2.05, 4.69) is 50.4 Å². The molecule has 0 aromatic heterocycles. The fraction of sp³-hybridized carbons (Fsp3) is 0.611. The van der Waals surface area contributed by atoms with Crippen LogP contribution in [0.25, 0.3) is 0 Å². The second-order valence-corrected chi connectivity index (χ2v) is 7.86. The minimum Gasteiger partial charge on any atom is -0.371 e. The Hall–Kier alpha value is -1.07. The molecule has 1 unspecified atom stereocenters. The van der Waals surface area contributed by atoms with Crippen molar-refractivity contribution in [3.8, 4) is 0 Å². The lowest BCUT2D eigenvalue weighted by Crippen LogP contribution is -2.34. The summed E-state index contributed by atoms with van der Waals surface area (Å²) in [4.78, 5) is 14.5. The second kappa shape index (κ2) is 7.67. The van der Waals surface area contributed by atoms with Crippen molar-refractivity contribution >= 4 is 27.5 Å². The first-order valence-electron chi connectivity index (χ1n) is 8.64. The predicted octanol–water partition coefficient (Wildman–Crippen LogP) is 2.91. The summed E-state index contributed by atoms with van der Waals surface area (Å²) in [5.74, 6) is 1.10. The van der Waals surface area contributed by atoms with Crippen molar-refractivity contribution in [2.24, 2.45) is 17.6 Å². The van der Waals surface area contributed by atoms with E-state index in [4.69, 9.17) is 5.73 Å². The minimum absolute atomic E-state index is 0.175. The Labute approximate surface area is 146 Å². The van der Waals surface area contributed by atoms with E-state index in [-0.39, 0.29) is 11.9 Å². The fourth-order valence-electron chi connectivity index (χ4n) is 3.77. The van der Waals surface area contributed by atoms with Crippen LogP contribution in [0.5, 0.6) is 0 Å². The fourth-order valence-corrected chi connectivity index (χ4v) is 4.04. The topological polar surface area (TPSA) is 58.4 Å². The highest BCUT2D eigenvalue weighted by Gasteiger charge is 2.27. The second-order valence-electron chi connectivity index (χ2n) is 6.94. The summed E-state index contributed by atoms with van der Waals surface area (Å²) in [5.41, 5.74) is 7.31. The van der Waals surface area contributed by atoms with E-state index in [1.54, 1.807) is 0 Å². The molecule has 1 aromatic rings. The van der Waals surface area contributed by atoms with Crippen LogP contribution in [0.1, 0.15) is 32.1 Å². The van der Waals surface area contributed by atoms with Gasteiger partial charge in [0.1, 0.15) is 0 Å². The molecule has 2 aliphatic rings. The first kappa shape index (κ1) is 16.8. The Bertz CT molecular complexity index is 534. The van der Waals surface area contributed by atoms with Gasteiger partial charge < -0.3 is 16.0 Å². The molecule has 3 rings (SSSR count). The Morgan fingerprint density at radius 2 is 2.04 bits per heavy atom. The summed E-state index contributed by atoms with van der Waals surface area (Å²) in [5, 5.41) is 3.12. The first-order chi connectivity index (χ1) is 11.1. The average Bonchev–Trinajstić information content (AvgIpc) is 3.16. The molecule has 0 radical (unpaired) electrons. The predicted molar refractivity (Wildman–Crippen MR) is 97.4 cm³/mol. The van der Waals surface area contributed by atoms with Crippen molar-refractivity contribution in [1.82, 2.24) is 5.32 Å². The third-order valence-electron chi connectivity index (χ3n) is 5.23. The van der Waals surface area contributed by atoms with E-state index in [0.29, 0.717) is 18.3 Å². The van der Waals surface area contributed by atoms with Gasteiger partial charge in [0.15, 0.2) is 0 Å². The molecule has 1 aliphatic carbocycles. The zero-order chi connectivity index (χ0) is 16.2. The molecule has 0 spiro atoms. The normalized spacial score (nSPS) is 27.4. The number of carbonyl (C=O) groups excluding carboxylic acids is 1. The van der Waals surface area contributed by atoms with Crippen molar-refractivity contribution in [2.45, 2.75) is 38.1 Å². The molecule has 1 amide bonds. The summed E-state index contributed by atoms with van der Waals surface area (Å²) in [6.45, 7) is 2.87. The lowest BCUT2D eigenvalue weighted by Gasteiger charge is -2.19. The van der Waals surface area contributed by atoms with E-state index in [9.17, 15) is 4.79 Å². The van der Waals surface area contributed by atoms with Gasteiger partial charge in [-0.25, -0.2) is 0 Å². The lowest BCUT2D eigenvalue weighted by molar-refractivity contribution is -0.122. The maximum atomic E-state index is 12.1. The molecular formula is C18H26BrN3O. The molecule has 1 heterocycles. The molecule has 1 saturated carbocycles. The smallest absolute Gasteiger partial charge is 0.220 e. The molecule has 1 aromatic carbocycles. The van der Waals surface area contributed by atoms with Crippen molar-refractivity contribution < 1.29 is 4.79 Å². The van der Waals surface area contributed by atoms with Gasteiger partial charge in [-0.1, -0.05) is 22.4 Å². The third kappa shape index (κ3) is 4.48. The number of benzene rings is 1. The van der Waals surface area contributed by atoms with Gasteiger partial charge in [0, 0.05) is 42.3 Å². The van der Waals surface area contributed by atoms with Crippen LogP contribution in [0.2, 0.25) is 0 Å². The van der Waals surface area contributed by atoms with Crippen LogP contribution >= 0.6 is 15.9 Å². The number of anilines is 1. The Balaban J connectivity index is 1.41. The van der Waals surface area contributed by atoms with Gasteiger partial charge in [0.05, 0.1) is 0 Å². The molecule has 126 valence electrons. The molecule has 0 bridgehead atoms. The summed E-state index contributed by atoms with van der Waals surface area (Å²) in [6.07, 6.45) is 5.09. The van der Waals surface area contributed by atoms with Crippen LogP contribution in [0.4, 0.5) is 5.69 Å². The highest BCUT2D eigenvalue weighted by molar-refractivity contribution is 9.10. The lowest BCUT2D eigenvalue weighted by atomic mass is 9.99. The number of hydrogen-bond donors (Lipinski definition) is 2. The Morgan fingerprint density at radius 3 is 2.74 bits per heavy atom. The molecular weight excluding hydrogens is 354 g/mol. The Morgan fingerprint density at radius 1 is 1.26 bits per heavy atom. The van der Waals surface area contributed by atoms with Crippen molar-refractivity contribution in [1.29, 1.82) is 0 Å². The minimum atomic E-state index is 0.175. The van der Waals surface area contributed by atoms with E-state index < -0.39 is 0 Å². The van der Waals surface area contributed by atoms with Crippen LogP contribution in [0.3, 0.4) is 0 Å². The Kier molecular flexibility index (Phi) is 5.59. The molecule has 23 heavy (non-hydrogen) atoms. The van der Waals surface area contributed by atoms with Gasteiger partial charge in [-0.15, -0.1) is 0 Å². The molecule has 2 fully saturated rings. The summed E-state index contributed by atoms with van der Waals surface area (Å²) in [6, 6.07) is 8.67. The van der Waals surface area contributed by atoms with Crippen LogP contribution in [-0.4, -0.2) is 31.6 Å². The number of nitrogens with two attached hydrogens (primary N) is 1. The largest absolute Gasteiger partial charge is 0.371 e. The van der Waals surface area contributed by atoms with Gasteiger partial charge in [-0.3, -0.25) is 4.79 Å². The highest BCUT2D eigenvalue weighted by atomic mass is 79.9. The van der Waals surface area contributed by atoms with Crippen LogP contribution < -0.4 is 16.0 Å². The molecule has 3 N–H and O–H groups in total. The molecule has 3 atom stereocenters. The zero-order valence-electron chi connectivity index (χ0n) is 13.5. The monoisotopic (exact) mass is 379 g/mol. The number of halogens is 1. The van der Waals surface area contributed by atoms with Gasteiger partial charge in [-0.05, 0) is 55.4 Å². The van der Waals surface area contributed by atoms with Gasteiger partial charge in [0.25, 0.3) is 0 Å². The van der Waals surface area contributed by atoms with Crippen molar-refractivity contribution in [2.75, 3.05) is 24.5 Å². The maximum absolute atomic E-state index is 12.1. The number of nitrogens with zero attached hydrogens (tertiary/aromatic N) is 1. The molecule has 1 aliphatic heterocycles. The molecule has 4 nitrogen and oxygen atoms in total. The van der Waals surface area contributed by atoms with Crippen molar-refractivity contribution in [3.63, 3.8) is 0 Å². The molecule has 5 heteroatoms. The highest BCUT2D eigenvalue weighted by Crippen LogP contribution is 2.27. The van der Waals surface area contributed by atoms with E-state index >= 15 is 0 Å². The summed E-state index contributed by atoms with van der Waals surface area (Å²) < 4.78 is 1.11. The number of rotatable bonds is 5. The molecule has 1 saturated heterocycles. The summed E-state index contributed by atoms with van der Waals surface area (Å²) in [7, 11) is 0. The maximum Gasteiger partial charge on any atom is 0.220 e. The van der Waals surface area contributed by atoms with Crippen LogP contribution in [-0.2, 0) is 4.79 Å². The van der Waals surface area contributed by atoms with Crippen LogP contribution in [0, 0.1) is 11.8 Å². The standard InChI is InChI=1S/C18H26BrN3O/c19-15-4-6-16(7-5-15)22-9-8-13(12-22)11-21-18(23)10-14-2-1-3-17(14)20/h4-7,13-14,17H,1-3,8-12,20H2,(H,21,23)/t13?,14-,17+/m0/s1. The average molecular weight is 380 g/mol. The number of carbonyl (C=O) groups is 1. The van der Waals surface area contributed by atoms with Crippen LogP contribution in [0.15, 0.2) is 28.7 Å². The van der Waals surface area contributed by atoms with Gasteiger partial charge in [-0.2, -0.15) is 0 Å². The quantitative estimate of drug-likeness (QED) is 0.826. The van der Waals surface area contributed by atoms with Crippen molar-refractivity contribution in [3.05, 3.63) is 28.7 Å². The number of hydrogen-bond acceptors (Lipinski definition) is 3. The number of nitrogens with one attached hydrogen (secondary N) is 1. The van der Waals surface area contributed by atoms with E-state index in [1.165, 1.54) is 12.1 Å². The third-order valence-corrected chi connectivity index (χ3v) is 5.76. The van der Waals surface area contributed by atoms with Gasteiger partial charge in [0.2, 0.25) is 5.91 Å². The van der Waals surface area contributed by atoms with E-state index in [0.717, 1.165) is 43.4 Å². The zero-order valence-corrected chi connectivity index (χ0v) is 15.1. The summed E-state index contributed by atoms with van der Waals surface area (Å²) >= 11 is 3.47. The number of amides is 1.